The Balaban J connectivity index is 1.77. The van der Waals surface area contributed by atoms with Crippen LogP contribution in [0.4, 0.5) is 9.93 Å². The largest absolute Gasteiger partial charge is 0.368 e. The molecular weight excluding hydrogens is 408 g/mol. The number of hydrogen-bond donors (Lipinski definition) is 2. The van der Waals surface area contributed by atoms with Gasteiger partial charge in [0, 0.05) is 23.4 Å². The minimum Gasteiger partial charge on any atom is -0.368 e. The normalized spacial score (nSPS) is 19.8. The molecule has 2 aromatic rings. The van der Waals surface area contributed by atoms with E-state index in [1.165, 1.54) is 16.2 Å². The van der Waals surface area contributed by atoms with Crippen LogP contribution in [0.5, 0.6) is 0 Å². The van der Waals surface area contributed by atoms with E-state index in [0.717, 1.165) is 21.3 Å². The summed E-state index contributed by atoms with van der Waals surface area (Å²) in [6.07, 6.45) is 0.534. The lowest BCUT2D eigenvalue weighted by molar-refractivity contribution is -0.121. The van der Waals surface area contributed by atoms with Crippen molar-refractivity contribution in [3.05, 3.63) is 16.1 Å². The summed E-state index contributed by atoms with van der Waals surface area (Å²) in [6.45, 7) is 8.75. The van der Waals surface area contributed by atoms with Gasteiger partial charge in [0.2, 0.25) is 5.91 Å². The van der Waals surface area contributed by atoms with Crippen molar-refractivity contribution in [2.75, 3.05) is 26.0 Å². The molecule has 1 fully saturated rings. The number of thiazole rings is 2. The van der Waals surface area contributed by atoms with Crippen molar-refractivity contribution in [3.8, 4) is 10.6 Å². The molecule has 1 saturated heterocycles. The van der Waals surface area contributed by atoms with Crippen molar-refractivity contribution in [3.63, 3.8) is 0 Å². The van der Waals surface area contributed by atoms with E-state index in [0.29, 0.717) is 18.1 Å². The lowest BCUT2D eigenvalue weighted by Crippen LogP contribution is -2.45. The highest BCUT2D eigenvalue weighted by Gasteiger charge is 2.39. The predicted octanol–water partition coefficient (Wildman–Crippen LogP) is 2.89. The first-order chi connectivity index (χ1) is 13.5. The van der Waals surface area contributed by atoms with Gasteiger partial charge in [-0.15, -0.1) is 11.3 Å². The Morgan fingerprint density at radius 2 is 2.00 bits per heavy atom. The standard InChI is InChI=1S/C19H28N6O2S2/c1-10-14(12-9-28-16(22-12)19(2,3)4)29-17(21-10)23-18(27)25-8-11(24(5)6)7-13(25)15(20)26/h9,11,13H,7-8H2,1-6H3,(H2,20,26)(H,21,23,27)/t11-,13+/m1/s1. The van der Waals surface area contributed by atoms with Crippen molar-refractivity contribution in [1.82, 2.24) is 19.8 Å². The van der Waals surface area contributed by atoms with Crippen LogP contribution in [0.1, 0.15) is 37.9 Å². The zero-order valence-electron chi connectivity index (χ0n) is 17.6. The zero-order valence-corrected chi connectivity index (χ0v) is 19.3. The van der Waals surface area contributed by atoms with Crippen LogP contribution < -0.4 is 11.1 Å². The van der Waals surface area contributed by atoms with E-state index in [4.69, 9.17) is 10.7 Å². The van der Waals surface area contributed by atoms with Gasteiger partial charge >= 0.3 is 6.03 Å². The fraction of sp³-hybridized carbons (Fsp3) is 0.579. The highest BCUT2D eigenvalue weighted by molar-refractivity contribution is 7.19. The molecule has 0 saturated carbocycles. The summed E-state index contributed by atoms with van der Waals surface area (Å²) in [5, 5.41) is 6.41. The Bertz CT molecular complexity index is 914. The molecule has 10 heteroatoms. The third-order valence-corrected chi connectivity index (χ3v) is 7.35. The minimum atomic E-state index is -0.615. The molecule has 2 aromatic heterocycles. The van der Waals surface area contributed by atoms with E-state index in [1.807, 2.05) is 31.3 Å². The molecule has 0 bridgehead atoms. The number of urea groups is 1. The van der Waals surface area contributed by atoms with Crippen LogP contribution in [-0.2, 0) is 10.2 Å². The van der Waals surface area contributed by atoms with E-state index >= 15 is 0 Å². The second-order valence-corrected chi connectivity index (χ2v) is 10.4. The minimum absolute atomic E-state index is 0.0128. The molecule has 0 radical (unpaired) electrons. The Hall–Kier alpha value is -2.04. The molecule has 0 unspecified atom stereocenters. The number of amides is 3. The average Bonchev–Trinajstić information content (AvgIpc) is 3.31. The van der Waals surface area contributed by atoms with E-state index in [-0.39, 0.29) is 17.5 Å². The Morgan fingerprint density at radius 1 is 1.31 bits per heavy atom. The van der Waals surface area contributed by atoms with Crippen molar-refractivity contribution in [2.45, 2.75) is 51.6 Å². The third-order valence-electron chi connectivity index (χ3n) is 4.99. The quantitative estimate of drug-likeness (QED) is 0.767. The van der Waals surface area contributed by atoms with Gasteiger partial charge in [-0.05, 0) is 27.4 Å². The SMILES string of the molecule is Cc1nc(NC(=O)N2C[C@H](N(C)C)C[C@H]2C(N)=O)sc1-c1csc(C(C)(C)C)n1. The molecule has 0 aliphatic carbocycles. The second-order valence-electron chi connectivity index (χ2n) is 8.58. The molecule has 0 aromatic carbocycles. The number of nitrogens with two attached hydrogens (primary N) is 1. The molecule has 8 nitrogen and oxygen atoms in total. The van der Waals surface area contributed by atoms with Crippen LogP contribution in [0, 0.1) is 6.92 Å². The van der Waals surface area contributed by atoms with Crippen LogP contribution in [0.25, 0.3) is 10.6 Å². The van der Waals surface area contributed by atoms with E-state index in [9.17, 15) is 9.59 Å². The van der Waals surface area contributed by atoms with Crippen LogP contribution >= 0.6 is 22.7 Å². The molecule has 2 atom stereocenters. The van der Waals surface area contributed by atoms with Gasteiger partial charge in [0.15, 0.2) is 5.13 Å². The number of anilines is 1. The topological polar surface area (TPSA) is 104 Å². The Kier molecular flexibility index (Phi) is 5.98. The number of carbonyl (C=O) groups is 2. The monoisotopic (exact) mass is 436 g/mol. The number of aryl methyl sites for hydroxylation is 1. The molecule has 1 aliphatic heterocycles. The molecule has 158 valence electrons. The van der Waals surface area contributed by atoms with Gasteiger partial charge in [-0.25, -0.2) is 14.8 Å². The second kappa shape index (κ2) is 8.00. The predicted molar refractivity (Wildman–Crippen MR) is 117 cm³/mol. The smallest absolute Gasteiger partial charge is 0.324 e. The third kappa shape index (κ3) is 4.59. The van der Waals surface area contributed by atoms with Gasteiger partial charge in [-0.1, -0.05) is 32.1 Å². The van der Waals surface area contributed by atoms with Crippen molar-refractivity contribution in [2.24, 2.45) is 5.73 Å². The molecule has 3 rings (SSSR count). The Morgan fingerprint density at radius 3 is 2.55 bits per heavy atom. The van der Waals surface area contributed by atoms with Gasteiger partial charge in [-0.3, -0.25) is 10.1 Å². The van der Waals surface area contributed by atoms with E-state index < -0.39 is 11.9 Å². The first-order valence-electron chi connectivity index (χ1n) is 9.44. The fourth-order valence-electron chi connectivity index (χ4n) is 3.26. The first kappa shape index (κ1) is 21.7. The van der Waals surface area contributed by atoms with Crippen molar-refractivity contribution in [1.29, 1.82) is 0 Å². The fourth-order valence-corrected chi connectivity index (χ4v) is 5.15. The summed E-state index contributed by atoms with van der Waals surface area (Å²) in [4.78, 5) is 38.3. The van der Waals surface area contributed by atoms with Crippen molar-refractivity contribution >= 4 is 39.7 Å². The van der Waals surface area contributed by atoms with E-state index in [1.54, 1.807) is 11.3 Å². The summed E-state index contributed by atoms with van der Waals surface area (Å²) in [5.74, 6) is -0.488. The lowest BCUT2D eigenvalue weighted by atomic mass is 9.98. The molecular formula is C19H28N6O2S2. The Labute approximate surface area is 179 Å². The highest BCUT2D eigenvalue weighted by atomic mass is 32.1. The first-order valence-corrected chi connectivity index (χ1v) is 11.1. The van der Waals surface area contributed by atoms with Gasteiger partial charge in [-0.2, -0.15) is 0 Å². The number of hydrogen-bond acceptors (Lipinski definition) is 7. The zero-order chi connectivity index (χ0) is 21.5. The molecule has 29 heavy (non-hydrogen) atoms. The maximum absolute atomic E-state index is 12.8. The van der Waals surface area contributed by atoms with Gasteiger partial charge < -0.3 is 15.5 Å². The lowest BCUT2D eigenvalue weighted by Gasteiger charge is -2.22. The van der Waals surface area contributed by atoms with E-state index in [2.05, 4.69) is 31.1 Å². The van der Waals surface area contributed by atoms with Gasteiger partial charge in [0.25, 0.3) is 0 Å². The summed E-state index contributed by atoms with van der Waals surface area (Å²) in [7, 11) is 3.86. The highest BCUT2D eigenvalue weighted by Crippen LogP contribution is 2.36. The molecule has 0 spiro atoms. The molecule has 1 aliphatic rings. The number of nitrogens with zero attached hydrogens (tertiary/aromatic N) is 4. The number of carbonyl (C=O) groups excluding carboxylic acids is 2. The van der Waals surface area contributed by atoms with Gasteiger partial charge in [0.05, 0.1) is 21.3 Å². The molecule has 3 amide bonds. The number of likely N-dealkylation sites (tertiary alicyclic amines) is 1. The average molecular weight is 437 g/mol. The van der Waals surface area contributed by atoms with Crippen LogP contribution in [-0.4, -0.2) is 64.4 Å². The van der Waals surface area contributed by atoms with Gasteiger partial charge in [0.1, 0.15) is 6.04 Å². The van der Waals surface area contributed by atoms with Crippen LogP contribution in [0.2, 0.25) is 0 Å². The maximum atomic E-state index is 12.8. The number of aromatic nitrogens is 2. The summed E-state index contributed by atoms with van der Waals surface area (Å²) in [6, 6.07) is -0.874. The summed E-state index contributed by atoms with van der Waals surface area (Å²) >= 11 is 3.01. The summed E-state index contributed by atoms with van der Waals surface area (Å²) in [5.41, 5.74) is 7.20. The molecule has 3 N–H and O–H groups in total. The van der Waals surface area contributed by atoms with Crippen molar-refractivity contribution < 1.29 is 9.59 Å². The van der Waals surface area contributed by atoms with Crippen LogP contribution in [0.3, 0.4) is 0 Å². The number of primary amides is 1. The molecule has 3 heterocycles. The summed E-state index contributed by atoms with van der Waals surface area (Å²) < 4.78 is 0. The number of nitrogens with one attached hydrogen (secondary N) is 1. The number of rotatable bonds is 4. The van der Waals surface area contributed by atoms with Crippen LogP contribution in [0.15, 0.2) is 5.38 Å². The maximum Gasteiger partial charge on any atom is 0.324 e. The number of likely N-dealkylation sites (N-methyl/N-ethyl adjacent to an activating group) is 1.